The maximum Gasteiger partial charge on any atom is 0.242 e. The minimum atomic E-state index is -0.225. The zero-order chi connectivity index (χ0) is 13.7. The topological polar surface area (TPSA) is 41.1 Å². The third-order valence-electron chi connectivity index (χ3n) is 2.78. The second-order valence-electron chi connectivity index (χ2n) is 5.31. The van der Waals surface area contributed by atoms with Crippen molar-refractivity contribution in [2.45, 2.75) is 52.6 Å². The molecule has 0 heterocycles. The molecule has 0 aliphatic heterocycles. The van der Waals surface area contributed by atoms with Crippen LogP contribution in [0, 0.1) is 0 Å². The maximum absolute atomic E-state index is 11.8. The highest BCUT2D eigenvalue weighted by atomic mass is 16.2. The number of anilines is 1. The first kappa shape index (κ1) is 14.6. The monoisotopic (exact) mass is 248 g/mol. The standard InChI is InChI=1S/C15H24N2O/c1-10(2)13-6-8-14(9-7-13)17-12(5)15(18)16-11(3)4/h6-12,17H,1-5H3,(H,16,18). The van der Waals surface area contributed by atoms with Crippen molar-refractivity contribution in [1.82, 2.24) is 5.32 Å². The van der Waals surface area contributed by atoms with Gasteiger partial charge in [-0.25, -0.2) is 0 Å². The number of benzene rings is 1. The zero-order valence-electron chi connectivity index (χ0n) is 11.9. The lowest BCUT2D eigenvalue weighted by atomic mass is 10.0. The summed E-state index contributed by atoms with van der Waals surface area (Å²) in [5.74, 6) is 0.554. The molecule has 0 spiro atoms. The highest BCUT2D eigenvalue weighted by Crippen LogP contribution is 2.17. The summed E-state index contributed by atoms with van der Waals surface area (Å²) in [4.78, 5) is 11.8. The molecule has 0 aliphatic carbocycles. The van der Waals surface area contributed by atoms with Crippen molar-refractivity contribution in [1.29, 1.82) is 0 Å². The molecular formula is C15H24N2O. The molecule has 0 aliphatic rings. The van der Waals surface area contributed by atoms with E-state index in [9.17, 15) is 4.79 Å². The number of nitrogens with one attached hydrogen (secondary N) is 2. The van der Waals surface area contributed by atoms with Crippen LogP contribution in [0.5, 0.6) is 0 Å². The van der Waals surface area contributed by atoms with Gasteiger partial charge in [0.1, 0.15) is 6.04 Å². The summed E-state index contributed by atoms with van der Waals surface area (Å²) < 4.78 is 0. The summed E-state index contributed by atoms with van der Waals surface area (Å²) >= 11 is 0. The Morgan fingerprint density at radius 3 is 2.00 bits per heavy atom. The van der Waals surface area contributed by atoms with Crippen molar-refractivity contribution in [2.75, 3.05) is 5.32 Å². The number of carbonyl (C=O) groups excluding carboxylic acids is 1. The maximum atomic E-state index is 11.8. The molecule has 2 N–H and O–H groups in total. The Bertz CT molecular complexity index is 382. The molecule has 100 valence electrons. The minimum absolute atomic E-state index is 0.0259. The molecule has 1 rings (SSSR count). The van der Waals surface area contributed by atoms with Gasteiger partial charge in [-0.1, -0.05) is 26.0 Å². The Morgan fingerprint density at radius 2 is 1.56 bits per heavy atom. The highest BCUT2D eigenvalue weighted by Gasteiger charge is 2.13. The Hall–Kier alpha value is -1.51. The molecule has 0 radical (unpaired) electrons. The van der Waals surface area contributed by atoms with Gasteiger partial charge in [0.15, 0.2) is 0 Å². The summed E-state index contributed by atoms with van der Waals surface area (Å²) in [6.45, 7) is 10.1. The molecule has 1 aromatic rings. The molecule has 0 aromatic heterocycles. The minimum Gasteiger partial charge on any atom is -0.374 e. The van der Waals surface area contributed by atoms with Crippen LogP contribution in [0.1, 0.15) is 46.1 Å². The van der Waals surface area contributed by atoms with E-state index in [1.807, 2.05) is 32.9 Å². The van der Waals surface area contributed by atoms with E-state index in [1.165, 1.54) is 5.56 Å². The van der Waals surface area contributed by atoms with E-state index in [-0.39, 0.29) is 18.0 Å². The summed E-state index contributed by atoms with van der Waals surface area (Å²) in [7, 11) is 0. The lowest BCUT2D eigenvalue weighted by molar-refractivity contribution is -0.122. The van der Waals surface area contributed by atoms with Crippen LogP contribution in [0.2, 0.25) is 0 Å². The Balaban J connectivity index is 2.59. The van der Waals surface area contributed by atoms with Crippen molar-refractivity contribution < 1.29 is 4.79 Å². The SMILES string of the molecule is CC(C)NC(=O)C(C)Nc1ccc(C(C)C)cc1. The van der Waals surface area contributed by atoms with Gasteiger partial charge in [0.2, 0.25) is 5.91 Å². The number of rotatable bonds is 5. The first-order chi connectivity index (χ1) is 8.40. The normalized spacial score (nSPS) is 12.6. The molecule has 1 unspecified atom stereocenters. The van der Waals surface area contributed by atoms with Crippen molar-refractivity contribution in [3.05, 3.63) is 29.8 Å². The van der Waals surface area contributed by atoms with E-state index in [4.69, 9.17) is 0 Å². The molecule has 18 heavy (non-hydrogen) atoms. The fraction of sp³-hybridized carbons (Fsp3) is 0.533. The molecule has 1 atom stereocenters. The molecule has 0 fully saturated rings. The molecule has 1 amide bonds. The summed E-state index contributed by atoms with van der Waals surface area (Å²) in [5, 5.41) is 6.09. The van der Waals surface area contributed by atoms with E-state index in [2.05, 4.69) is 36.6 Å². The zero-order valence-corrected chi connectivity index (χ0v) is 11.9. The van der Waals surface area contributed by atoms with Gasteiger partial charge in [0, 0.05) is 11.7 Å². The van der Waals surface area contributed by atoms with Crippen molar-refractivity contribution in [3.63, 3.8) is 0 Å². The summed E-state index contributed by atoms with van der Waals surface area (Å²) in [6.07, 6.45) is 0. The molecule has 0 saturated heterocycles. The predicted molar refractivity (Wildman–Crippen MR) is 76.9 cm³/mol. The van der Waals surface area contributed by atoms with Crippen LogP contribution < -0.4 is 10.6 Å². The van der Waals surface area contributed by atoms with E-state index in [0.717, 1.165) is 5.69 Å². The fourth-order valence-corrected chi connectivity index (χ4v) is 1.69. The Kier molecular flexibility index (Phi) is 5.20. The average Bonchev–Trinajstić information content (AvgIpc) is 2.28. The number of hydrogen-bond donors (Lipinski definition) is 2. The lowest BCUT2D eigenvalue weighted by Gasteiger charge is -2.17. The molecule has 0 saturated carbocycles. The highest BCUT2D eigenvalue weighted by molar-refractivity contribution is 5.84. The fourth-order valence-electron chi connectivity index (χ4n) is 1.69. The lowest BCUT2D eigenvalue weighted by Crippen LogP contribution is -2.40. The van der Waals surface area contributed by atoms with Gasteiger partial charge in [-0.15, -0.1) is 0 Å². The smallest absolute Gasteiger partial charge is 0.242 e. The Morgan fingerprint density at radius 1 is 1.00 bits per heavy atom. The van der Waals surface area contributed by atoms with Gasteiger partial charge in [0.25, 0.3) is 0 Å². The van der Waals surface area contributed by atoms with E-state index < -0.39 is 0 Å². The van der Waals surface area contributed by atoms with Gasteiger partial charge in [0.05, 0.1) is 0 Å². The molecule has 3 heteroatoms. The summed E-state index contributed by atoms with van der Waals surface area (Å²) in [6, 6.07) is 8.19. The first-order valence-electron chi connectivity index (χ1n) is 6.57. The van der Waals surface area contributed by atoms with E-state index >= 15 is 0 Å². The third-order valence-corrected chi connectivity index (χ3v) is 2.78. The second-order valence-corrected chi connectivity index (χ2v) is 5.31. The largest absolute Gasteiger partial charge is 0.374 e. The molecule has 0 bridgehead atoms. The second kappa shape index (κ2) is 6.43. The van der Waals surface area contributed by atoms with Crippen LogP contribution in [0.25, 0.3) is 0 Å². The van der Waals surface area contributed by atoms with Gasteiger partial charge in [-0.2, -0.15) is 0 Å². The molecular weight excluding hydrogens is 224 g/mol. The van der Waals surface area contributed by atoms with Crippen molar-refractivity contribution >= 4 is 11.6 Å². The quantitative estimate of drug-likeness (QED) is 0.840. The van der Waals surface area contributed by atoms with Crippen molar-refractivity contribution in [2.24, 2.45) is 0 Å². The average molecular weight is 248 g/mol. The predicted octanol–water partition coefficient (Wildman–Crippen LogP) is 3.14. The van der Waals surface area contributed by atoms with E-state index in [1.54, 1.807) is 0 Å². The first-order valence-corrected chi connectivity index (χ1v) is 6.57. The van der Waals surface area contributed by atoms with Gasteiger partial charge in [-0.05, 0) is 44.4 Å². The number of carbonyl (C=O) groups is 1. The number of amides is 1. The molecule has 1 aromatic carbocycles. The number of hydrogen-bond acceptors (Lipinski definition) is 2. The molecule has 3 nitrogen and oxygen atoms in total. The van der Waals surface area contributed by atoms with Crippen LogP contribution in [0.15, 0.2) is 24.3 Å². The third kappa shape index (κ3) is 4.40. The van der Waals surface area contributed by atoms with Crippen LogP contribution >= 0.6 is 0 Å². The summed E-state index contributed by atoms with van der Waals surface area (Å²) in [5.41, 5.74) is 2.28. The van der Waals surface area contributed by atoms with Gasteiger partial charge < -0.3 is 10.6 Å². The van der Waals surface area contributed by atoms with Crippen LogP contribution in [0.4, 0.5) is 5.69 Å². The van der Waals surface area contributed by atoms with E-state index in [0.29, 0.717) is 5.92 Å². The van der Waals surface area contributed by atoms with Crippen LogP contribution in [-0.2, 0) is 4.79 Å². The van der Waals surface area contributed by atoms with Crippen LogP contribution in [-0.4, -0.2) is 18.0 Å². The van der Waals surface area contributed by atoms with Gasteiger partial charge >= 0.3 is 0 Å². The Labute approximate surface area is 110 Å². The van der Waals surface area contributed by atoms with Crippen LogP contribution in [0.3, 0.4) is 0 Å². The van der Waals surface area contributed by atoms with Gasteiger partial charge in [-0.3, -0.25) is 4.79 Å². The van der Waals surface area contributed by atoms with Crippen molar-refractivity contribution in [3.8, 4) is 0 Å².